The van der Waals surface area contributed by atoms with Gasteiger partial charge in [-0.1, -0.05) is 11.6 Å². The van der Waals surface area contributed by atoms with Crippen molar-refractivity contribution >= 4 is 23.2 Å². The SMILES string of the molecule is O=C(NCc1nc(-c2ccco2)n[nH]1)c1cc([N+](=O)[O-])ccc1Cl. The number of carbonyl (C=O) groups is 1. The minimum absolute atomic E-state index is 0.0108. The van der Waals surface area contributed by atoms with Crippen molar-refractivity contribution in [1.82, 2.24) is 20.5 Å². The van der Waals surface area contributed by atoms with Crippen LogP contribution in [-0.4, -0.2) is 26.0 Å². The fourth-order valence-corrected chi connectivity index (χ4v) is 2.15. The Balaban J connectivity index is 1.70. The summed E-state index contributed by atoms with van der Waals surface area (Å²) in [6.07, 6.45) is 1.50. The third-order valence-electron chi connectivity index (χ3n) is 3.10. The molecule has 3 aromatic rings. The molecule has 3 rings (SSSR count). The van der Waals surface area contributed by atoms with Crippen LogP contribution in [0.5, 0.6) is 0 Å². The number of nitro groups is 1. The van der Waals surface area contributed by atoms with Gasteiger partial charge in [0.1, 0.15) is 5.82 Å². The molecule has 0 aliphatic heterocycles. The third kappa shape index (κ3) is 3.25. The molecular formula is C14H10ClN5O4. The van der Waals surface area contributed by atoms with Crippen molar-refractivity contribution in [2.24, 2.45) is 0 Å². The van der Waals surface area contributed by atoms with E-state index in [4.69, 9.17) is 16.0 Å². The molecule has 0 atom stereocenters. The highest BCUT2D eigenvalue weighted by atomic mass is 35.5. The lowest BCUT2D eigenvalue weighted by molar-refractivity contribution is -0.384. The number of nitrogens with one attached hydrogen (secondary N) is 2. The first-order chi connectivity index (χ1) is 11.5. The quantitative estimate of drug-likeness (QED) is 0.539. The zero-order valence-electron chi connectivity index (χ0n) is 12.0. The summed E-state index contributed by atoms with van der Waals surface area (Å²) in [5.74, 6) is 0.694. The van der Waals surface area contributed by atoms with Crippen LogP contribution in [0.25, 0.3) is 11.6 Å². The Labute approximate surface area is 139 Å². The van der Waals surface area contributed by atoms with E-state index in [1.165, 1.54) is 18.4 Å². The second-order valence-electron chi connectivity index (χ2n) is 4.69. The van der Waals surface area contributed by atoms with Gasteiger partial charge in [0.2, 0.25) is 5.82 Å². The van der Waals surface area contributed by atoms with E-state index >= 15 is 0 Å². The second kappa shape index (κ2) is 6.50. The molecule has 0 spiro atoms. The second-order valence-corrected chi connectivity index (χ2v) is 5.09. The van der Waals surface area contributed by atoms with Crippen LogP contribution < -0.4 is 5.32 Å². The van der Waals surface area contributed by atoms with E-state index in [-0.39, 0.29) is 22.8 Å². The van der Waals surface area contributed by atoms with Crippen LogP contribution in [0.15, 0.2) is 41.0 Å². The number of amides is 1. The molecule has 0 saturated carbocycles. The topological polar surface area (TPSA) is 127 Å². The van der Waals surface area contributed by atoms with Crippen LogP contribution in [0.3, 0.4) is 0 Å². The molecule has 2 aromatic heterocycles. The van der Waals surface area contributed by atoms with E-state index in [0.29, 0.717) is 17.4 Å². The van der Waals surface area contributed by atoms with Crippen molar-refractivity contribution in [1.29, 1.82) is 0 Å². The molecule has 10 heteroatoms. The Morgan fingerprint density at radius 1 is 1.42 bits per heavy atom. The molecule has 1 aromatic carbocycles. The third-order valence-corrected chi connectivity index (χ3v) is 3.42. The van der Waals surface area contributed by atoms with Gasteiger partial charge in [0.05, 0.1) is 28.3 Å². The summed E-state index contributed by atoms with van der Waals surface area (Å²) in [6.45, 7) is 0.0472. The average Bonchev–Trinajstić information content (AvgIpc) is 3.24. The molecular weight excluding hydrogens is 338 g/mol. The first kappa shape index (κ1) is 15.7. The molecule has 0 aliphatic rings. The van der Waals surface area contributed by atoms with Gasteiger partial charge in [-0.3, -0.25) is 20.0 Å². The Kier molecular flexibility index (Phi) is 4.25. The van der Waals surface area contributed by atoms with Gasteiger partial charge in [-0.2, -0.15) is 0 Å². The molecule has 2 N–H and O–H groups in total. The lowest BCUT2D eigenvalue weighted by Gasteiger charge is -2.05. The smallest absolute Gasteiger partial charge is 0.270 e. The van der Waals surface area contributed by atoms with Crippen LogP contribution in [0.1, 0.15) is 16.2 Å². The maximum Gasteiger partial charge on any atom is 0.270 e. The van der Waals surface area contributed by atoms with E-state index in [1.807, 2.05) is 0 Å². The molecule has 1 amide bonds. The number of halogens is 1. The summed E-state index contributed by atoms with van der Waals surface area (Å²) in [5, 5.41) is 20.1. The number of carbonyl (C=O) groups excluding carboxylic acids is 1. The van der Waals surface area contributed by atoms with Crippen molar-refractivity contribution in [3.05, 3.63) is 63.1 Å². The maximum absolute atomic E-state index is 12.2. The number of aromatic nitrogens is 3. The predicted molar refractivity (Wildman–Crippen MR) is 83.4 cm³/mol. The van der Waals surface area contributed by atoms with E-state index in [0.717, 1.165) is 6.07 Å². The molecule has 122 valence electrons. The molecule has 9 nitrogen and oxygen atoms in total. The summed E-state index contributed by atoms with van der Waals surface area (Å²) in [4.78, 5) is 26.5. The van der Waals surface area contributed by atoms with Gasteiger partial charge >= 0.3 is 0 Å². The summed E-state index contributed by atoms with van der Waals surface area (Å²) in [6, 6.07) is 7.06. The number of hydrogen-bond acceptors (Lipinski definition) is 6. The van der Waals surface area contributed by atoms with Crippen LogP contribution >= 0.6 is 11.6 Å². The van der Waals surface area contributed by atoms with Gasteiger partial charge in [0.15, 0.2) is 5.76 Å². The van der Waals surface area contributed by atoms with E-state index < -0.39 is 10.8 Å². The fourth-order valence-electron chi connectivity index (χ4n) is 1.95. The number of aromatic amines is 1. The van der Waals surface area contributed by atoms with Gasteiger partial charge in [-0.05, 0) is 18.2 Å². The van der Waals surface area contributed by atoms with Gasteiger partial charge < -0.3 is 9.73 Å². The minimum Gasteiger partial charge on any atom is -0.461 e. The zero-order valence-corrected chi connectivity index (χ0v) is 12.8. The number of nitrogens with zero attached hydrogens (tertiary/aromatic N) is 3. The summed E-state index contributed by atoms with van der Waals surface area (Å²) in [5.41, 5.74) is -0.207. The van der Waals surface area contributed by atoms with Crippen molar-refractivity contribution in [2.75, 3.05) is 0 Å². The number of nitro benzene ring substituents is 1. The highest BCUT2D eigenvalue weighted by Gasteiger charge is 2.16. The van der Waals surface area contributed by atoms with Crippen molar-refractivity contribution in [2.45, 2.75) is 6.54 Å². The number of furan rings is 1. The Morgan fingerprint density at radius 2 is 2.25 bits per heavy atom. The highest BCUT2D eigenvalue weighted by Crippen LogP contribution is 2.22. The number of rotatable bonds is 5. The lowest BCUT2D eigenvalue weighted by atomic mass is 10.2. The molecule has 0 unspecified atom stereocenters. The van der Waals surface area contributed by atoms with Crippen LogP contribution in [0, 0.1) is 10.1 Å². The van der Waals surface area contributed by atoms with Crippen LogP contribution in [0.4, 0.5) is 5.69 Å². The summed E-state index contributed by atoms with van der Waals surface area (Å²) >= 11 is 5.92. The molecule has 0 bridgehead atoms. The molecule has 0 fully saturated rings. The lowest BCUT2D eigenvalue weighted by Crippen LogP contribution is -2.23. The Hall–Kier alpha value is -3.20. The normalized spacial score (nSPS) is 10.5. The van der Waals surface area contributed by atoms with Crippen molar-refractivity contribution in [3.8, 4) is 11.6 Å². The van der Waals surface area contributed by atoms with Crippen molar-refractivity contribution < 1.29 is 14.1 Å². The van der Waals surface area contributed by atoms with Crippen molar-refractivity contribution in [3.63, 3.8) is 0 Å². The molecule has 24 heavy (non-hydrogen) atoms. The standard InChI is InChI=1S/C14H10ClN5O4/c15-10-4-3-8(20(22)23)6-9(10)14(21)16-7-12-17-13(19-18-12)11-2-1-5-24-11/h1-6H,7H2,(H,16,21)(H,17,18,19). The first-order valence-electron chi connectivity index (χ1n) is 6.72. The van der Waals surface area contributed by atoms with Gasteiger partial charge in [0, 0.05) is 12.1 Å². The Morgan fingerprint density at radius 3 is 2.96 bits per heavy atom. The van der Waals surface area contributed by atoms with E-state index in [9.17, 15) is 14.9 Å². The van der Waals surface area contributed by atoms with Gasteiger partial charge in [0.25, 0.3) is 11.6 Å². The first-order valence-corrected chi connectivity index (χ1v) is 7.09. The number of non-ortho nitro benzene ring substituents is 1. The molecule has 0 saturated heterocycles. The minimum atomic E-state index is -0.598. The largest absolute Gasteiger partial charge is 0.461 e. The number of H-pyrrole nitrogens is 1. The van der Waals surface area contributed by atoms with Gasteiger partial charge in [-0.15, -0.1) is 5.10 Å². The summed E-state index contributed by atoms with van der Waals surface area (Å²) in [7, 11) is 0. The van der Waals surface area contributed by atoms with Gasteiger partial charge in [-0.25, -0.2) is 4.98 Å². The number of benzene rings is 1. The van der Waals surface area contributed by atoms with Crippen LogP contribution in [0.2, 0.25) is 5.02 Å². The zero-order chi connectivity index (χ0) is 17.1. The Bertz CT molecular complexity index is 890. The predicted octanol–water partition coefficient (Wildman–Crippen LogP) is 2.56. The monoisotopic (exact) mass is 347 g/mol. The highest BCUT2D eigenvalue weighted by molar-refractivity contribution is 6.33. The molecule has 0 radical (unpaired) electrons. The van der Waals surface area contributed by atoms with Crippen LogP contribution in [-0.2, 0) is 6.54 Å². The number of hydrogen-bond donors (Lipinski definition) is 2. The van der Waals surface area contributed by atoms with E-state index in [2.05, 4.69) is 20.5 Å². The van der Waals surface area contributed by atoms with E-state index in [1.54, 1.807) is 12.1 Å². The molecule has 2 heterocycles. The maximum atomic E-state index is 12.2. The average molecular weight is 348 g/mol. The summed E-state index contributed by atoms with van der Waals surface area (Å²) < 4.78 is 5.17. The molecule has 0 aliphatic carbocycles. The fraction of sp³-hybridized carbons (Fsp3) is 0.0714.